The van der Waals surface area contributed by atoms with E-state index < -0.39 is 0 Å². The molecule has 0 aromatic heterocycles. The van der Waals surface area contributed by atoms with E-state index >= 15 is 0 Å². The van der Waals surface area contributed by atoms with E-state index in [1.54, 1.807) is 0 Å². The van der Waals surface area contributed by atoms with Crippen LogP contribution < -0.4 is 4.74 Å². The van der Waals surface area contributed by atoms with E-state index in [0.717, 1.165) is 5.75 Å². The summed E-state index contributed by atoms with van der Waals surface area (Å²) in [6.45, 7) is 2.85. The van der Waals surface area contributed by atoms with Crippen LogP contribution in [0.5, 0.6) is 5.75 Å². The van der Waals surface area contributed by atoms with Gasteiger partial charge in [0.05, 0.1) is 5.56 Å². The first-order chi connectivity index (χ1) is 11.3. The summed E-state index contributed by atoms with van der Waals surface area (Å²) in [5.74, 6) is 1.05. The number of hydrogen-bond acceptors (Lipinski definition) is 1. The van der Waals surface area contributed by atoms with Crippen LogP contribution in [0.2, 0.25) is 0 Å². The minimum atomic E-state index is 0.651. The molecule has 4 rings (SSSR count). The molecule has 2 aliphatic rings. The fourth-order valence-electron chi connectivity index (χ4n) is 3.87. The lowest BCUT2D eigenvalue weighted by atomic mass is 9.94. The molecule has 0 saturated heterocycles. The average molecular weight is 306 g/mol. The van der Waals surface area contributed by atoms with Crippen molar-refractivity contribution in [3.05, 3.63) is 53.6 Å². The fraction of sp³-hybridized carbons (Fsp3) is 0.381. The monoisotopic (exact) mass is 306 g/mol. The van der Waals surface area contributed by atoms with E-state index in [4.69, 9.17) is 4.74 Å². The number of benzene rings is 2. The lowest BCUT2D eigenvalue weighted by molar-refractivity contribution is -0.594. The van der Waals surface area contributed by atoms with E-state index in [2.05, 4.69) is 60.2 Å². The number of hydrogen-bond donors (Lipinski definition) is 0. The molecule has 2 aromatic rings. The molecule has 1 aliphatic carbocycles. The van der Waals surface area contributed by atoms with Crippen LogP contribution in [0, 0.1) is 6.92 Å². The first-order valence-corrected chi connectivity index (χ1v) is 8.75. The highest BCUT2D eigenvalue weighted by Crippen LogP contribution is 2.32. The third-order valence-electron chi connectivity index (χ3n) is 5.12. The molecule has 1 saturated carbocycles. The topological polar surface area (TPSA) is 12.2 Å². The zero-order valence-electron chi connectivity index (χ0n) is 13.8. The van der Waals surface area contributed by atoms with Crippen molar-refractivity contribution in [2.24, 2.45) is 0 Å². The van der Waals surface area contributed by atoms with Crippen LogP contribution >= 0.6 is 0 Å². The second-order valence-electron chi connectivity index (χ2n) is 6.79. The molecule has 2 aromatic carbocycles. The van der Waals surface area contributed by atoms with Crippen molar-refractivity contribution in [1.29, 1.82) is 0 Å². The van der Waals surface area contributed by atoms with Crippen LogP contribution in [-0.2, 0) is 0 Å². The molecule has 118 valence electrons. The standard InChI is InChI=1S/C21H24NO/c1-16-12-18(17-8-4-2-5-9-17)13-19-14-22(15-23-21(16)19)20-10-6-3-7-11-20/h2,4-5,8-9,12-14,20H,3,6-7,10-11,15H2,1H3/q+1. The molecule has 0 radical (unpaired) electrons. The first-order valence-electron chi connectivity index (χ1n) is 8.75. The third-order valence-corrected chi connectivity index (χ3v) is 5.12. The van der Waals surface area contributed by atoms with Crippen LogP contribution in [0.1, 0.15) is 43.2 Å². The highest BCUT2D eigenvalue weighted by Gasteiger charge is 2.28. The molecule has 0 atom stereocenters. The average Bonchev–Trinajstić information content (AvgIpc) is 2.63. The Labute approximate surface area is 138 Å². The Bertz CT molecular complexity index is 727. The smallest absolute Gasteiger partial charge is 0.287 e. The summed E-state index contributed by atoms with van der Waals surface area (Å²) < 4.78 is 8.52. The Hall–Kier alpha value is -2.09. The van der Waals surface area contributed by atoms with Crippen LogP contribution in [0.15, 0.2) is 42.5 Å². The van der Waals surface area contributed by atoms with Crippen LogP contribution in [0.3, 0.4) is 0 Å². The van der Waals surface area contributed by atoms with Crippen molar-refractivity contribution in [2.75, 3.05) is 6.73 Å². The molecule has 0 bridgehead atoms. The Kier molecular flexibility index (Phi) is 3.90. The van der Waals surface area contributed by atoms with Gasteiger partial charge in [0.25, 0.3) is 6.73 Å². The largest absolute Gasteiger partial charge is 0.435 e. The van der Waals surface area contributed by atoms with E-state index in [0.29, 0.717) is 12.8 Å². The van der Waals surface area contributed by atoms with Gasteiger partial charge in [-0.1, -0.05) is 36.8 Å². The number of rotatable bonds is 2. The van der Waals surface area contributed by atoms with Gasteiger partial charge < -0.3 is 4.74 Å². The zero-order chi connectivity index (χ0) is 15.6. The van der Waals surface area contributed by atoms with Crippen molar-refractivity contribution >= 4 is 6.21 Å². The van der Waals surface area contributed by atoms with Gasteiger partial charge in [0, 0.05) is 12.8 Å². The minimum absolute atomic E-state index is 0.651. The maximum absolute atomic E-state index is 6.11. The summed E-state index contributed by atoms with van der Waals surface area (Å²) in [5, 5.41) is 0. The normalized spacial score (nSPS) is 18.0. The first kappa shape index (κ1) is 14.5. The summed E-state index contributed by atoms with van der Waals surface area (Å²) in [6, 6.07) is 15.8. The van der Waals surface area contributed by atoms with Crippen molar-refractivity contribution in [3.8, 4) is 16.9 Å². The van der Waals surface area contributed by atoms with Gasteiger partial charge in [0.15, 0.2) is 12.3 Å². The summed E-state index contributed by atoms with van der Waals surface area (Å²) in [6.07, 6.45) is 9.02. The molecule has 0 spiro atoms. The van der Waals surface area contributed by atoms with Gasteiger partial charge >= 0.3 is 0 Å². The summed E-state index contributed by atoms with van der Waals surface area (Å²) in [4.78, 5) is 0. The van der Waals surface area contributed by atoms with E-state index in [1.807, 2.05) is 0 Å². The Morgan fingerprint density at radius 1 is 0.957 bits per heavy atom. The maximum atomic E-state index is 6.11. The van der Waals surface area contributed by atoms with Crippen LogP contribution in [0.25, 0.3) is 11.1 Å². The van der Waals surface area contributed by atoms with Gasteiger partial charge in [-0.3, -0.25) is 0 Å². The van der Waals surface area contributed by atoms with Crippen molar-refractivity contribution in [2.45, 2.75) is 45.1 Å². The molecule has 1 aliphatic heterocycles. The maximum Gasteiger partial charge on any atom is 0.287 e. The Morgan fingerprint density at radius 3 is 2.52 bits per heavy atom. The lowest BCUT2D eigenvalue weighted by Gasteiger charge is -2.24. The highest BCUT2D eigenvalue weighted by atomic mass is 16.5. The van der Waals surface area contributed by atoms with Crippen molar-refractivity contribution in [1.82, 2.24) is 0 Å². The van der Waals surface area contributed by atoms with Crippen molar-refractivity contribution < 1.29 is 9.31 Å². The van der Waals surface area contributed by atoms with E-state index in [9.17, 15) is 0 Å². The fourth-order valence-corrected chi connectivity index (χ4v) is 3.87. The highest BCUT2D eigenvalue weighted by molar-refractivity contribution is 5.85. The predicted octanol–water partition coefficient (Wildman–Crippen LogP) is 4.78. The van der Waals surface area contributed by atoms with Gasteiger partial charge in [0.2, 0.25) is 0 Å². The molecule has 0 unspecified atom stereocenters. The van der Waals surface area contributed by atoms with Gasteiger partial charge in [-0.15, -0.1) is 0 Å². The lowest BCUT2D eigenvalue weighted by Crippen LogP contribution is -2.35. The number of nitrogens with zero attached hydrogens (tertiary/aromatic N) is 1. The third kappa shape index (κ3) is 2.90. The predicted molar refractivity (Wildman–Crippen MR) is 94.4 cm³/mol. The molecular weight excluding hydrogens is 282 g/mol. The molecule has 2 heteroatoms. The number of aryl methyl sites for hydroxylation is 1. The summed E-state index contributed by atoms with van der Waals surface area (Å²) in [7, 11) is 0. The molecule has 1 fully saturated rings. The van der Waals surface area contributed by atoms with Crippen LogP contribution in [-0.4, -0.2) is 23.6 Å². The van der Waals surface area contributed by atoms with Crippen LogP contribution in [0.4, 0.5) is 0 Å². The molecule has 2 nitrogen and oxygen atoms in total. The SMILES string of the molecule is Cc1cc(-c2ccccc2)cc2c1OC[N+](C1CCCCC1)=C2. The van der Waals surface area contributed by atoms with Gasteiger partial charge in [-0.2, -0.15) is 4.58 Å². The van der Waals surface area contributed by atoms with Gasteiger partial charge in [-0.25, -0.2) is 0 Å². The van der Waals surface area contributed by atoms with Gasteiger partial charge in [0.1, 0.15) is 5.75 Å². The zero-order valence-corrected chi connectivity index (χ0v) is 13.8. The van der Waals surface area contributed by atoms with E-state index in [-0.39, 0.29) is 0 Å². The quantitative estimate of drug-likeness (QED) is 0.728. The van der Waals surface area contributed by atoms with Crippen molar-refractivity contribution in [3.63, 3.8) is 0 Å². The van der Waals surface area contributed by atoms with E-state index in [1.165, 1.54) is 54.4 Å². The molecule has 23 heavy (non-hydrogen) atoms. The second-order valence-corrected chi connectivity index (χ2v) is 6.79. The molecule has 1 heterocycles. The van der Waals surface area contributed by atoms with Gasteiger partial charge in [-0.05, 0) is 48.6 Å². The molecule has 0 N–H and O–H groups in total. The summed E-state index contributed by atoms with van der Waals surface area (Å²) in [5.41, 5.74) is 4.98. The number of fused-ring (bicyclic) bond motifs is 1. The minimum Gasteiger partial charge on any atom is -0.435 e. The molecule has 0 amide bonds. The number of ether oxygens (including phenoxy) is 1. The summed E-state index contributed by atoms with van der Waals surface area (Å²) >= 11 is 0. The Morgan fingerprint density at radius 2 is 1.74 bits per heavy atom. The second kappa shape index (κ2) is 6.19. The molecular formula is C21H24NO+. The Balaban J connectivity index is 1.72.